The van der Waals surface area contributed by atoms with E-state index in [0.29, 0.717) is 29.7 Å². The van der Waals surface area contributed by atoms with E-state index in [9.17, 15) is 13.6 Å². The lowest BCUT2D eigenvalue weighted by molar-refractivity contribution is -0.119. The highest BCUT2D eigenvalue weighted by Gasteiger charge is 2.25. The number of aromatic nitrogens is 2. The predicted molar refractivity (Wildman–Crippen MR) is 120 cm³/mol. The second kappa shape index (κ2) is 11.3. The van der Waals surface area contributed by atoms with E-state index in [1.807, 2.05) is 12.1 Å². The number of hydrogen-bond acceptors (Lipinski definition) is 6. The molecule has 0 radical (unpaired) electrons. The summed E-state index contributed by atoms with van der Waals surface area (Å²) in [6.07, 6.45) is 9.02. The third-order valence-electron chi connectivity index (χ3n) is 6.61. The number of carbonyl (C=O) groups is 1. The highest BCUT2D eigenvalue weighted by Crippen LogP contribution is 2.34. The molecule has 0 spiro atoms. The van der Waals surface area contributed by atoms with Gasteiger partial charge in [-0.05, 0) is 61.8 Å². The van der Waals surface area contributed by atoms with Gasteiger partial charge in [-0.2, -0.15) is 0 Å². The Hall–Kier alpha value is -1.93. The first-order chi connectivity index (χ1) is 15.5. The van der Waals surface area contributed by atoms with Crippen molar-refractivity contribution in [3.63, 3.8) is 0 Å². The van der Waals surface area contributed by atoms with Crippen molar-refractivity contribution in [3.05, 3.63) is 40.7 Å². The Morgan fingerprint density at radius 1 is 1.19 bits per heavy atom. The SMILES string of the molecule is O=C(Cc1ccncc1)CC1CCC(CCN2CCc3sc(OCC(F)F)nc3C2)CC1. The number of rotatable bonds is 10. The zero-order chi connectivity index (χ0) is 22.3. The number of ether oxygens (including phenoxy) is 1. The van der Waals surface area contributed by atoms with Crippen LogP contribution in [0.2, 0.25) is 0 Å². The minimum atomic E-state index is -2.47. The molecular weight excluding hydrogens is 432 g/mol. The average Bonchev–Trinajstić information content (AvgIpc) is 3.20. The monoisotopic (exact) mass is 463 g/mol. The maximum atomic E-state index is 12.4. The fourth-order valence-electron chi connectivity index (χ4n) is 4.83. The van der Waals surface area contributed by atoms with E-state index < -0.39 is 13.0 Å². The van der Waals surface area contributed by atoms with E-state index in [4.69, 9.17) is 4.74 Å². The Morgan fingerprint density at radius 2 is 1.94 bits per heavy atom. The first kappa shape index (κ1) is 23.2. The van der Waals surface area contributed by atoms with Crippen molar-refractivity contribution in [3.8, 4) is 5.19 Å². The summed E-state index contributed by atoms with van der Waals surface area (Å²) in [5, 5.41) is 0.369. The van der Waals surface area contributed by atoms with Gasteiger partial charge in [-0.3, -0.25) is 14.7 Å². The van der Waals surface area contributed by atoms with Crippen LogP contribution < -0.4 is 4.74 Å². The van der Waals surface area contributed by atoms with Crippen molar-refractivity contribution < 1.29 is 18.3 Å². The minimum Gasteiger partial charge on any atom is -0.464 e. The van der Waals surface area contributed by atoms with E-state index in [1.165, 1.54) is 35.5 Å². The number of pyridine rings is 1. The van der Waals surface area contributed by atoms with Crippen molar-refractivity contribution >= 4 is 17.1 Å². The summed E-state index contributed by atoms with van der Waals surface area (Å²) in [7, 11) is 0. The van der Waals surface area contributed by atoms with Crippen molar-refractivity contribution in [2.75, 3.05) is 19.7 Å². The highest BCUT2D eigenvalue weighted by atomic mass is 32.1. The number of hydrogen-bond donors (Lipinski definition) is 0. The molecule has 1 saturated carbocycles. The number of alkyl halides is 2. The van der Waals surface area contributed by atoms with Crippen LogP contribution in [0.4, 0.5) is 8.78 Å². The van der Waals surface area contributed by atoms with Crippen molar-refractivity contribution in [2.45, 2.75) is 64.3 Å². The number of ketones is 1. The second-order valence-electron chi connectivity index (χ2n) is 9.03. The van der Waals surface area contributed by atoms with Gasteiger partial charge in [0.1, 0.15) is 5.78 Å². The normalized spacial score (nSPS) is 21.5. The zero-order valence-corrected chi connectivity index (χ0v) is 19.2. The molecule has 2 aromatic heterocycles. The third-order valence-corrected chi connectivity index (χ3v) is 7.68. The first-order valence-corrected chi connectivity index (χ1v) is 12.4. The smallest absolute Gasteiger partial charge is 0.273 e. The average molecular weight is 464 g/mol. The molecule has 0 aromatic carbocycles. The Bertz CT molecular complexity index is 869. The minimum absolute atomic E-state index is 0.337. The van der Waals surface area contributed by atoms with Crippen LogP contribution >= 0.6 is 11.3 Å². The molecule has 0 N–H and O–H groups in total. The number of nitrogens with zero attached hydrogens (tertiary/aromatic N) is 3. The quantitative estimate of drug-likeness (QED) is 0.500. The maximum absolute atomic E-state index is 12.4. The van der Waals surface area contributed by atoms with Gasteiger partial charge in [-0.1, -0.05) is 24.2 Å². The Morgan fingerprint density at radius 3 is 2.69 bits per heavy atom. The number of Topliss-reactive ketones (excluding diaryl/α,β-unsaturated/α-hetero) is 1. The van der Waals surface area contributed by atoms with Crippen molar-refractivity contribution in [1.82, 2.24) is 14.9 Å². The first-order valence-electron chi connectivity index (χ1n) is 11.6. The predicted octanol–water partition coefficient (Wildman–Crippen LogP) is 4.94. The molecule has 3 heterocycles. The summed E-state index contributed by atoms with van der Waals surface area (Å²) < 4.78 is 29.8. The maximum Gasteiger partial charge on any atom is 0.273 e. The molecule has 0 saturated heterocycles. The van der Waals surface area contributed by atoms with E-state index in [-0.39, 0.29) is 0 Å². The van der Waals surface area contributed by atoms with Crippen LogP contribution in [0.1, 0.15) is 54.7 Å². The molecule has 4 rings (SSSR count). The van der Waals surface area contributed by atoms with Gasteiger partial charge in [0.2, 0.25) is 0 Å². The Balaban J connectivity index is 1.14. The lowest BCUT2D eigenvalue weighted by Gasteiger charge is -2.31. The number of thiazole rings is 1. The molecule has 1 aliphatic heterocycles. The van der Waals surface area contributed by atoms with Crippen LogP contribution in [-0.4, -0.2) is 46.8 Å². The van der Waals surface area contributed by atoms with E-state index in [1.54, 1.807) is 12.4 Å². The van der Waals surface area contributed by atoms with Gasteiger partial charge in [0.25, 0.3) is 11.6 Å². The summed E-state index contributed by atoms with van der Waals surface area (Å²) in [5.74, 6) is 1.59. The molecular formula is C24H31F2N3O2S. The highest BCUT2D eigenvalue weighted by molar-refractivity contribution is 7.13. The molecule has 0 amide bonds. The molecule has 8 heteroatoms. The molecule has 1 aliphatic carbocycles. The molecule has 0 atom stereocenters. The summed E-state index contributed by atoms with van der Waals surface area (Å²) in [5.41, 5.74) is 2.04. The van der Waals surface area contributed by atoms with Gasteiger partial charge in [-0.15, -0.1) is 0 Å². The fourth-order valence-corrected chi connectivity index (χ4v) is 5.74. The Labute approximate surface area is 192 Å². The standard InChI is InChI=1S/C24H31F2N3O2S/c25-23(26)16-31-24-28-21-15-29(12-8-22(21)32-24)11-7-17-1-3-18(4-2-17)13-20(30)14-19-5-9-27-10-6-19/h5-6,9-10,17-18,23H,1-4,7-8,11-16H2. The van der Waals surface area contributed by atoms with Crippen LogP contribution in [0, 0.1) is 11.8 Å². The molecule has 2 aliphatic rings. The second-order valence-corrected chi connectivity index (χ2v) is 10.1. The van der Waals surface area contributed by atoms with Crippen LogP contribution in [0.25, 0.3) is 0 Å². The largest absolute Gasteiger partial charge is 0.464 e. The number of carbonyl (C=O) groups excluding carboxylic acids is 1. The van der Waals surface area contributed by atoms with Crippen molar-refractivity contribution in [1.29, 1.82) is 0 Å². The molecule has 0 unspecified atom stereocenters. The van der Waals surface area contributed by atoms with Gasteiger partial charge in [0, 0.05) is 43.2 Å². The van der Waals surface area contributed by atoms with Crippen molar-refractivity contribution in [2.24, 2.45) is 11.8 Å². The summed E-state index contributed by atoms with van der Waals surface area (Å²) >= 11 is 1.41. The lowest BCUT2D eigenvalue weighted by atomic mass is 9.78. The van der Waals surface area contributed by atoms with Gasteiger partial charge >= 0.3 is 0 Å². The number of halogens is 2. The van der Waals surface area contributed by atoms with E-state index >= 15 is 0 Å². The summed E-state index contributed by atoms with van der Waals surface area (Å²) in [6.45, 7) is 2.22. The van der Waals surface area contributed by atoms with Crippen LogP contribution in [0.3, 0.4) is 0 Å². The third kappa shape index (κ3) is 6.78. The van der Waals surface area contributed by atoms with Crippen LogP contribution in [0.5, 0.6) is 5.19 Å². The van der Waals surface area contributed by atoms with E-state index in [0.717, 1.165) is 56.1 Å². The molecule has 1 fully saturated rings. The topological polar surface area (TPSA) is 55.3 Å². The number of fused-ring (bicyclic) bond motifs is 1. The Kier molecular flexibility index (Phi) is 8.19. The molecule has 32 heavy (non-hydrogen) atoms. The van der Waals surface area contributed by atoms with Crippen LogP contribution in [0.15, 0.2) is 24.5 Å². The van der Waals surface area contributed by atoms with Gasteiger partial charge in [0.15, 0.2) is 6.61 Å². The summed E-state index contributed by atoms with van der Waals surface area (Å²) in [4.78, 5) is 24.4. The molecule has 174 valence electrons. The molecule has 0 bridgehead atoms. The van der Waals surface area contributed by atoms with Gasteiger partial charge < -0.3 is 4.74 Å². The van der Waals surface area contributed by atoms with Gasteiger partial charge in [-0.25, -0.2) is 13.8 Å². The van der Waals surface area contributed by atoms with E-state index in [2.05, 4.69) is 14.9 Å². The molecule has 5 nitrogen and oxygen atoms in total. The molecule has 2 aromatic rings. The fraction of sp³-hybridized carbons (Fsp3) is 0.625. The lowest BCUT2D eigenvalue weighted by Crippen LogP contribution is -2.32. The zero-order valence-electron chi connectivity index (χ0n) is 18.3. The van der Waals surface area contributed by atoms with Crippen LogP contribution in [-0.2, 0) is 24.2 Å². The summed E-state index contributed by atoms with van der Waals surface area (Å²) in [6, 6.07) is 3.84. The van der Waals surface area contributed by atoms with Gasteiger partial charge in [0.05, 0.1) is 5.69 Å².